The lowest BCUT2D eigenvalue weighted by molar-refractivity contribution is -0.217. The van der Waals surface area contributed by atoms with E-state index in [2.05, 4.69) is 0 Å². The van der Waals surface area contributed by atoms with Crippen LogP contribution in [-0.2, 0) is 35.2 Å². The molecule has 13 nitrogen and oxygen atoms in total. The zero-order valence-electron chi connectivity index (χ0n) is 19.5. The van der Waals surface area contributed by atoms with Gasteiger partial charge in [-0.1, -0.05) is 37.3 Å². The Balaban J connectivity index is 2.00. The van der Waals surface area contributed by atoms with Gasteiger partial charge in [0, 0.05) is 6.42 Å². The highest BCUT2D eigenvalue weighted by Crippen LogP contribution is 2.62. The molecule has 0 aromatic heterocycles. The number of Topliss-reactive ketones (excluding diaryl/α,β-unsaturated/α-hetero) is 3. The van der Waals surface area contributed by atoms with Gasteiger partial charge in [0.1, 0.15) is 23.7 Å². The van der Waals surface area contributed by atoms with Crippen molar-refractivity contribution in [1.82, 2.24) is 0 Å². The molecule has 7 N–H and O–H groups in total. The van der Waals surface area contributed by atoms with Crippen LogP contribution in [0.1, 0.15) is 25.3 Å². The highest BCUT2D eigenvalue weighted by atomic mass is 16.4. The number of aliphatic hydroxyl groups excluding tert-OH is 3. The topological polar surface area (TPSA) is 244 Å². The molecule has 2 saturated carbocycles. The summed E-state index contributed by atoms with van der Waals surface area (Å²) in [6, 6.07) is 8.76. The molecule has 8 atom stereocenters. The van der Waals surface area contributed by atoms with E-state index in [1.54, 1.807) is 37.3 Å². The fourth-order valence-electron chi connectivity index (χ4n) is 5.70. The van der Waals surface area contributed by atoms with Crippen LogP contribution in [0.5, 0.6) is 0 Å². The van der Waals surface area contributed by atoms with Crippen molar-refractivity contribution in [3.63, 3.8) is 0 Å². The maximum atomic E-state index is 13.4. The van der Waals surface area contributed by atoms with Gasteiger partial charge in [-0.25, -0.2) is 4.79 Å². The second-order valence-corrected chi connectivity index (χ2v) is 9.59. The average molecular weight is 522 g/mol. The predicted octanol–water partition coefficient (Wildman–Crippen LogP) is -1.96. The van der Waals surface area contributed by atoms with Crippen molar-refractivity contribution < 1.29 is 64.5 Å². The first-order chi connectivity index (χ1) is 17.1. The number of carbonyl (C=O) groups is 6. The zero-order valence-corrected chi connectivity index (χ0v) is 19.5. The number of rotatable bonds is 10. The molecular formula is C24H26O13. The van der Waals surface area contributed by atoms with Gasteiger partial charge in [0.05, 0.1) is 0 Å². The van der Waals surface area contributed by atoms with Crippen molar-refractivity contribution >= 4 is 35.3 Å². The van der Waals surface area contributed by atoms with Crippen LogP contribution in [0.2, 0.25) is 0 Å². The first-order valence-corrected chi connectivity index (χ1v) is 11.2. The number of carboxylic acid groups (broad SMARTS) is 3. The lowest BCUT2D eigenvalue weighted by Gasteiger charge is -2.46. The Labute approximate surface area is 209 Å². The molecule has 2 bridgehead atoms. The van der Waals surface area contributed by atoms with E-state index in [1.165, 1.54) is 0 Å². The summed E-state index contributed by atoms with van der Waals surface area (Å²) in [6.07, 6.45) is -8.83. The van der Waals surface area contributed by atoms with Crippen LogP contribution < -0.4 is 0 Å². The van der Waals surface area contributed by atoms with Crippen LogP contribution >= 0.6 is 0 Å². The molecule has 37 heavy (non-hydrogen) atoms. The second kappa shape index (κ2) is 9.41. The lowest BCUT2D eigenvalue weighted by Crippen LogP contribution is -2.75. The van der Waals surface area contributed by atoms with E-state index in [1.807, 2.05) is 0 Å². The molecule has 2 fully saturated rings. The monoisotopic (exact) mass is 522 g/mol. The van der Waals surface area contributed by atoms with E-state index in [-0.39, 0.29) is 6.42 Å². The van der Waals surface area contributed by atoms with Crippen LogP contribution in [0.15, 0.2) is 30.3 Å². The van der Waals surface area contributed by atoms with E-state index in [0.29, 0.717) is 0 Å². The van der Waals surface area contributed by atoms with E-state index >= 15 is 0 Å². The molecule has 0 radical (unpaired) electrons. The van der Waals surface area contributed by atoms with Crippen molar-refractivity contribution in [3.05, 3.63) is 35.9 Å². The number of benzene rings is 1. The first kappa shape index (κ1) is 28.1. The van der Waals surface area contributed by atoms with E-state index in [4.69, 9.17) is 0 Å². The minimum absolute atomic E-state index is 0.257. The molecule has 0 aliphatic heterocycles. The third-order valence-electron chi connectivity index (χ3n) is 7.68. The number of ketones is 3. The first-order valence-electron chi connectivity index (χ1n) is 11.2. The number of hydrogen-bond donors (Lipinski definition) is 7. The van der Waals surface area contributed by atoms with Gasteiger partial charge < -0.3 is 35.7 Å². The van der Waals surface area contributed by atoms with Crippen molar-refractivity contribution in [1.29, 1.82) is 0 Å². The largest absolute Gasteiger partial charge is 0.481 e. The molecule has 2 aliphatic rings. The van der Waals surface area contributed by atoms with E-state index in [9.17, 15) is 64.5 Å². The number of carbonyl (C=O) groups excluding carboxylic acids is 3. The van der Waals surface area contributed by atoms with Crippen LogP contribution in [-0.4, -0.2) is 94.9 Å². The average Bonchev–Trinajstić information content (AvgIpc) is 2.97. The van der Waals surface area contributed by atoms with Gasteiger partial charge in [-0.15, -0.1) is 0 Å². The minimum Gasteiger partial charge on any atom is -0.481 e. The standard InChI is InChI=1S/C24H26O13/c1-10(9-11-5-3-2-4-6-11)14(26)12(25)7-8-22-15(27)13(18(30)31)24(37,21(35)36)23(19(22)32,20(33)34)17(29)16(22)28/h2-6,10,13-14,16-17,26,28-29,37H,7-9H2,1H3,(H,30,31)(H,33,34)(H,35,36). The van der Waals surface area contributed by atoms with Gasteiger partial charge in [0.25, 0.3) is 0 Å². The van der Waals surface area contributed by atoms with Crippen molar-refractivity contribution in [2.75, 3.05) is 0 Å². The number of carboxylic acids is 3. The van der Waals surface area contributed by atoms with Crippen molar-refractivity contribution in [3.8, 4) is 0 Å². The van der Waals surface area contributed by atoms with Gasteiger partial charge >= 0.3 is 17.9 Å². The normalized spacial score (nSPS) is 34.6. The molecule has 3 rings (SSSR count). The molecule has 200 valence electrons. The number of fused-ring (bicyclic) bond motifs is 2. The van der Waals surface area contributed by atoms with Crippen LogP contribution in [0.4, 0.5) is 0 Å². The Kier molecular flexibility index (Phi) is 7.14. The van der Waals surface area contributed by atoms with Crippen LogP contribution in [0.25, 0.3) is 0 Å². The molecule has 0 spiro atoms. The smallest absolute Gasteiger partial charge is 0.338 e. The fourth-order valence-corrected chi connectivity index (χ4v) is 5.70. The van der Waals surface area contributed by atoms with E-state index < -0.39 is 94.7 Å². The number of hydrogen-bond acceptors (Lipinski definition) is 10. The fraction of sp³-hybridized carbons (Fsp3) is 0.500. The molecule has 0 amide bonds. The summed E-state index contributed by atoms with van der Waals surface area (Å²) >= 11 is 0. The summed E-state index contributed by atoms with van der Waals surface area (Å²) in [4.78, 5) is 75.6. The molecule has 1 aromatic rings. The Hall–Kier alpha value is -3.52. The van der Waals surface area contributed by atoms with E-state index in [0.717, 1.165) is 5.56 Å². The highest BCUT2D eigenvalue weighted by molar-refractivity contribution is 6.29. The maximum Gasteiger partial charge on any atom is 0.338 e. The summed E-state index contributed by atoms with van der Waals surface area (Å²) in [5, 5.41) is 71.6. The Morgan fingerprint density at radius 3 is 2.00 bits per heavy atom. The zero-order chi connectivity index (χ0) is 28.1. The summed E-state index contributed by atoms with van der Waals surface area (Å²) in [5.41, 5.74) is -10.2. The Bertz CT molecular complexity index is 1160. The molecule has 8 unspecified atom stereocenters. The van der Waals surface area contributed by atoms with Crippen molar-refractivity contribution in [2.45, 2.75) is 50.1 Å². The Morgan fingerprint density at radius 2 is 1.51 bits per heavy atom. The summed E-state index contributed by atoms with van der Waals surface area (Å²) < 4.78 is 0. The molecule has 0 saturated heterocycles. The Morgan fingerprint density at radius 1 is 0.946 bits per heavy atom. The van der Waals surface area contributed by atoms with Crippen molar-refractivity contribution in [2.24, 2.45) is 22.7 Å². The highest BCUT2D eigenvalue weighted by Gasteiger charge is 2.89. The summed E-state index contributed by atoms with van der Waals surface area (Å²) in [5.74, 6) is -15.9. The van der Waals surface area contributed by atoms with Gasteiger partial charge in [0.15, 0.2) is 28.7 Å². The second-order valence-electron chi connectivity index (χ2n) is 9.59. The van der Waals surface area contributed by atoms with Gasteiger partial charge in [0.2, 0.25) is 5.60 Å². The van der Waals surface area contributed by atoms with Gasteiger partial charge in [-0.05, 0) is 24.3 Å². The van der Waals surface area contributed by atoms with Crippen LogP contribution in [0, 0.1) is 22.7 Å². The van der Waals surface area contributed by atoms with Gasteiger partial charge in [-0.3, -0.25) is 24.0 Å². The molecule has 13 heteroatoms. The lowest BCUT2D eigenvalue weighted by atomic mass is 9.52. The molecular weight excluding hydrogens is 496 g/mol. The van der Waals surface area contributed by atoms with Crippen LogP contribution in [0.3, 0.4) is 0 Å². The maximum absolute atomic E-state index is 13.4. The third kappa shape index (κ3) is 3.61. The SMILES string of the molecule is CC(Cc1ccccc1)C(O)C(=O)CCC12C(=O)C(C(=O)O)C(O)(C(=O)O)C(C(=O)O)(C1=O)C(O)C2O. The minimum atomic E-state index is -4.16. The predicted molar refractivity (Wildman–Crippen MR) is 118 cm³/mol. The molecule has 1 aromatic carbocycles. The number of aliphatic carboxylic acids is 3. The quantitative estimate of drug-likeness (QED) is 0.165. The van der Waals surface area contributed by atoms with Gasteiger partial charge in [-0.2, -0.15) is 0 Å². The summed E-state index contributed by atoms with van der Waals surface area (Å²) in [7, 11) is 0. The summed E-state index contributed by atoms with van der Waals surface area (Å²) in [6.45, 7) is 1.54. The molecule has 2 aliphatic carbocycles. The number of aliphatic hydroxyl groups is 4. The third-order valence-corrected chi connectivity index (χ3v) is 7.68. The molecule has 0 heterocycles.